The van der Waals surface area contributed by atoms with Gasteiger partial charge in [-0.15, -0.1) is 0 Å². The summed E-state index contributed by atoms with van der Waals surface area (Å²) in [6, 6.07) is 18.4. The van der Waals surface area contributed by atoms with E-state index in [0.717, 1.165) is 12.6 Å². The smallest absolute Gasteiger partial charge is 0.0398 e. The van der Waals surface area contributed by atoms with Crippen molar-refractivity contribution in [2.45, 2.75) is 39.3 Å². The predicted octanol–water partition coefficient (Wildman–Crippen LogP) is 4.09. The third-order valence-electron chi connectivity index (χ3n) is 6.55. The first-order valence-corrected chi connectivity index (χ1v) is 10.5. The summed E-state index contributed by atoms with van der Waals surface area (Å²) in [5.74, 6) is 0. The highest BCUT2D eigenvalue weighted by atomic mass is 15.3. The van der Waals surface area contributed by atoms with Gasteiger partial charge < -0.3 is 4.90 Å². The highest BCUT2D eigenvalue weighted by Gasteiger charge is 2.28. The molecule has 3 nitrogen and oxygen atoms in total. The fourth-order valence-corrected chi connectivity index (χ4v) is 4.68. The minimum atomic E-state index is 0.769. The van der Waals surface area contributed by atoms with E-state index in [2.05, 4.69) is 77.1 Å². The summed E-state index contributed by atoms with van der Waals surface area (Å²) >= 11 is 0. The summed E-state index contributed by atoms with van der Waals surface area (Å²) in [4.78, 5) is 7.96. The maximum absolute atomic E-state index is 2.75. The highest BCUT2D eigenvalue weighted by Crippen LogP contribution is 2.27. The zero-order valence-corrected chi connectivity index (χ0v) is 16.9. The van der Waals surface area contributed by atoms with E-state index in [0.29, 0.717) is 0 Å². The van der Waals surface area contributed by atoms with Crippen LogP contribution in [0.5, 0.6) is 0 Å². The van der Waals surface area contributed by atoms with Crippen molar-refractivity contribution >= 4 is 5.69 Å². The van der Waals surface area contributed by atoms with E-state index in [4.69, 9.17) is 0 Å². The molecule has 27 heavy (non-hydrogen) atoms. The van der Waals surface area contributed by atoms with Crippen molar-refractivity contribution in [3.05, 3.63) is 65.2 Å². The Labute approximate surface area is 164 Å². The number of piperazine rings is 1. The topological polar surface area (TPSA) is 9.72 Å². The van der Waals surface area contributed by atoms with Crippen LogP contribution in [0.4, 0.5) is 5.69 Å². The Morgan fingerprint density at radius 1 is 0.778 bits per heavy atom. The van der Waals surface area contributed by atoms with Gasteiger partial charge >= 0.3 is 0 Å². The van der Waals surface area contributed by atoms with E-state index in [1.807, 2.05) is 0 Å². The van der Waals surface area contributed by atoms with Crippen LogP contribution >= 0.6 is 0 Å². The first-order valence-electron chi connectivity index (χ1n) is 10.5. The van der Waals surface area contributed by atoms with E-state index in [1.165, 1.54) is 74.5 Å². The second kappa shape index (κ2) is 8.45. The molecular formula is C24H33N3. The van der Waals surface area contributed by atoms with Crippen LogP contribution in [-0.2, 0) is 6.54 Å². The summed E-state index contributed by atoms with van der Waals surface area (Å²) in [6.45, 7) is 12.8. The van der Waals surface area contributed by atoms with Gasteiger partial charge in [0.1, 0.15) is 0 Å². The van der Waals surface area contributed by atoms with Crippen LogP contribution in [-0.4, -0.2) is 55.1 Å². The van der Waals surface area contributed by atoms with Crippen LogP contribution in [0.1, 0.15) is 29.5 Å². The molecule has 2 saturated heterocycles. The Hall–Kier alpha value is -1.84. The minimum absolute atomic E-state index is 0.769. The van der Waals surface area contributed by atoms with Crippen LogP contribution < -0.4 is 4.90 Å². The zero-order valence-electron chi connectivity index (χ0n) is 16.9. The van der Waals surface area contributed by atoms with E-state index in [1.54, 1.807) is 0 Å². The molecule has 3 heteroatoms. The van der Waals surface area contributed by atoms with Crippen molar-refractivity contribution in [1.82, 2.24) is 9.80 Å². The van der Waals surface area contributed by atoms with Crippen molar-refractivity contribution in [2.24, 2.45) is 0 Å². The third-order valence-corrected chi connectivity index (χ3v) is 6.55. The van der Waals surface area contributed by atoms with Crippen molar-refractivity contribution in [3.63, 3.8) is 0 Å². The summed E-state index contributed by atoms with van der Waals surface area (Å²) in [6.07, 6.45) is 2.60. The highest BCUT2D eigenvalue weighted by molar-refractivity contribution is 5.56. The van der Waals surface area contributed by atoms with Gasteiger partial charge in [0.2, 0.25) is 0 Å². The Morgan fingerprint density at radius 3 is 2.19 bits per heavy atom. The molecule has 2 aliphatic rings. The fraction of sp³-hybridized carbons (Fsp3) is 0.500. The molecule has 144 valence electrons. The van der Waals surface area contributed by atoms with Gasteiger partial charge in [0.05, 0.1) is 0 Å². The summed E-state index contributed by atoms with van der Waals surface area (Å²) in [7, 11) is 0. The quantitative estimate of drug-likeness (QED) is 0.810. The monoisotopic (exact) mass is 363 g/mol. The van der Waals surface area contributed by atoms with Gasteiger partial charge in [-0.2, -0.15) is 0 Å². The molecule has 0 N–H and O–H groups in total. The molecule has 2 aliphatic heterocycles. The predicted molar refractivity (Wildman–Crippen MR) is 114 cm³/mol. The number of nitrogens with zero attached hydrogens (tertiary/aromatic N) is 3. The number of benzene rings is 2. The summed E-state index contributed by atoms with van der Waals surface area (Å²) < 4.78 is 0. The van der Waals surface area contributed by atoms with Gasteiger partial charge in [0, 0.05) is 57.5 Å². The SMILES string of the molecule is Cc1cccc(N2CCC(N3CCN(Cc4ccccc4)CC3)CC2)c1C. The second-order valence-electron chi connectivity index (χ2n) is 8.23. The number of piperidine rings is 1. The molecule has 0 radical (unpaired) electrons. The molecule has 2 fully saturated rings. The first kappa shape index (κ1) is 18.5. The van der Waals surface area contributed by atoms with Crippen LogP contribution in [0.25, 0.3) is 0 Å². The molecule has 2 aromatic rings. The lowest BCUT2D eigenvalue weighted by molar-refractivity contribution is 0.0812. The van der Waals surface area contributed by atoms with Crippen molar-refractivity contribution in [1.29, 1.82) is 0 Å². The van der Waals surface area contributed by atoms with Crippen LogP contribution in [0.2, 0.25) is 0 Å². The molecular weight excluding hydrogens is 330 g/mol. The van der Waals surface area contributed by atoms with Crippen LogP contribution in [0.3, 0.4) is 0 Å². The molecule has 0 aromatic heterocycles. The van der Waals surface area contributed by atoms with Gasteiger partial charge in [-0.3, -0.25) is 9.80 Å². The van der Waals surface area contributed by atoms with Crippen LogP contribution in [0.15, 0.2) is 48.5 Å². The summed E-state index contributed by atoms with van der Waals surface area (Å²) in [5.41, 5.74) is 5.74. The Kier molecular flexibility index (Phi) is 5.80. The molecule has 0 spiro atoms. The van der Waals surface area contributed by atoms with Gasteiger partial charge in [-0.25, -0.2) is 0 Å². The van der Waals surface area contributed by atoms with Gasteiger partial charge in [-0.05, 0) is 49.4 Å². The number of rotatable bonds is 4. The molecule has 0 saturated carbocycles. The molecule has 0 unspecified atom stereocenters. The number of aryl methyl sites for hydroxylation is 1. The lowest BCUT2D eigenvalue weighted by Crippen LogP contribution is -2.53. The minimum Gasteiger partial charge on any atom is -0.371 e. The Morgan fingerprint density at radius 2 is 1.48 bits per heavy atom. The molecule has 2 heterocycles. The second-order valence-corrected chi connectivity index (χ2v) is 8.23. The molecule has 0 aliphatic carbocycles. The fourth-order valence-electron chi connectivity index (χ4n) is 4.68. The van der Waals surface area contributed by atoms with Gasteiger partial charge in [0.25, 0.3) is 0 Å². The van der Waals surface area contributed by atoms with Crippen LogP contribution in [0, 0.1) is 13.8 Å². The van der Waals surface area contributed by atoms with Gasteiger partial charge in [-0.1, -0.05) is 42.5 Å². The molecule has 2 aromatic carbocycles. The van der Waals surface area contributed by atoms with E-state index < -0.39 is 0 Å². The molecule has 0 bridgehead atoms. The molecule has 0 amide bonds. The van der Waals surface area contributed by atoms with Crippen molar-refractivity contribution in [2.75, 3.05) is 44.2 Å². The first-order chi connectivity index (χ1) is 13.2. The summed E-state index contributed by atoms with van der Waals surface area (Å²) in [5, 5.41) is 0. The number of hydrogen-bond acceptors (Lipinski definition) is 3. The standard InChI is InChI=1S/C24H33N3/c1-20-7-6-10-24(21(20)2)27-13-11-23(12-14-27)26-17-15-25(16-18-26)19-22-8-4-3-5-9-22/h3-10,23H,11-19H2,1-2H3. The Bertz CT molecular complexity index is 727. The lowest BCUT2D eigenvalue weighted by atomic mass is 9.99. The van der Waals surface area contributed by atoms with E-state index in [9.17, 15) is 0 Å². The van der Waals surface area contributed by atoms with E-state index >= 15 is 0 Å². The largest absolute Gasteiger partial charge is 0.371 e. The Balaban J connectivity index is 1.26. The lowest BCUT2D eigenvalue weighted by Gasteiger charge is -2.43. The van der Waals surface area contributed by atoms with Crippen molar-refractivity contribution in [3.8, 4) is 0 Å². The maximum atomic E-state index is 2.75. The molecule has 0 atom stereocenters. The van der Waals surface area contributed by atoms with E-state index in [-0.39, 0.29) is 0 Å². The average Bonchev–Trinajstić information content (AvgIpc) is 2.72. The van der Waals surface area contributed by atoms with Crippen molar-refractivity contribution < 1.29 is 0 Å². The maximum Gasteiger partial charge on any atom is 0.0398 e. The number of hydrogen-bond donors (Lipinski definition) is 0. The number of anilines is 1. The molecule has 4 rings (SSSR count). The average molecular weight is 364 g/mol. The van der Waals surface area contributed by atoms with Gasteiger partial charge in [0.15, 0.2) is 0 Å². The zero-order chi connectivity index (χ0) is 18.6. The third kappa shape index (κ3) is 4.36. The normalized spacial score (nSPS) is 20.1.